The van der Waals surface area contributed by atoms with Gasteiger partial charge in [0.2, 0.25) is 0 Å². The molecule has 0 radical (unpaired) electrons. The summed E-state index contributed by atoms with van der Waals surface area (Å²) in [6.45, 7) is 7.84. The molecule has 0 atom stereocenters. The van der Waals surface area contributed by atoms with Crippen LogP contribution in [0.25, 0.3) is 0 Å². The third kappa shape index (κ3) is 4.28. The van der Waals surface area contributed by atoms with Gasteiger partial charge in [-0.15, -0.1) is 6.58 Å². The maximum absolute atomic E-state index is 13.0. The second kappa shape index (κ2) is 7.98. The first kappa shape index (κ1) is 18.7. The lowest BCUT2D eigenvalue weighted by Gasteiger charge is -2.23. The summed E-state index contributed by atoms with van der Waals surface area (Å²) in [6, 6.07) is 13.4. The Bertz CT molecular complexity index is 876. The van der Waals surface area contributed by atoms with E-state index in [9.17, 15) is 13.2 Å². The molecule has 0 saturated heterocycles. The summed E-state index contributed by atoms with van der Waals surface area (Å²) in [7, 11) is -3.76. The first-order chi connectivity index (χ1) is 11.9. The van der Waals surface area contributed by atoms with Gasteiger partial charge in [0.1, 0.15) is 0 Å². The van der Waals surface area contributed by atoms with Crippen molar-refractivity contribution >= 4 is 21.6 Å². The van der Waals surface area contributed by atoms with E-state index in [1.807, 2.05) is 25.1 Å². The Hall–Kier alpha value is -2.60. The zero-order valence-electron chi connectivity index (χ0n) is 14.4. The van der Waals surface area contributed by atoms with E-state index in [1.54, 1.807) is 31.2 Å². The second-order valence-corrected chi connectivity index (χ2v) is 7.40. The molecule has 0 aliphatic rings. The van der Waals surface area contributed by atoms with Crippen molar-refractivity contribution in [1.29, 1.82) is 0 Å². The number of sulfonamides is 1. The molecule has 132 valence electrons. The normalized spacial score (nSPS) is 11.0. The number of aryl methyl sites for hydroxylation is 1. The minimum Gasteiger partial charge on any atom is -0.349 e. The summed E-state index contributed by atoms with van der Waals surface area (Å²) in [6.07, 6.45) is 1.56. The average Bonchev–Trinajstić information content (AvgIpc) is 2.60. The number of hydrogen-bond acceptors (Lipinski definition) is 3. The van der Waals surface area contributed by atoms with Crippen LogP contribution in [0.1, 0.15) is 22.8 Å². The first-order valence-electron chi connectivity index (χ1n) is 7.98. The molecular formula is C19H22N2O3S. The van der Waals surface area contributed by atoms with Gasteiger partial charge in [-0.05, 0) is 49.7 Å². The van der Waals surface area contributed by atoms with E-state index in [-0.39, 0.29) is 10.8 Å². The van der Waals surface area contributed by atoms with Gasteiger partial charge in [-0.1, -0.05) is 24.3 Å². The minimum absolute atomic E-state index is 0.0853. The van der Waals surface area contributed by atoms with E-state index in [0.29, 0.717) is 24.3 Å². The van der Waals surface area contributed by atoms with Gasteiger partial charge in [-0.3, -0.25) is 9.10 Å². The molecule has 0 spiro atoms. The summed E-state index contributed by atoms with van der Waals surface area (Å²) in [5.41, 5.74) is 1.87. The van der Waals surface area contributed by atoms with Crippen molar-refractivity contribution in [2.75, 3.05) is 17.4 Å². The highest BCUT2D eigenvalue weighted by atomic mass is 32.2. The van der Waals surface area contributed by atoms with Gasteiger partial charge < -0.3 is 5.32 Å². The molecule has 0 aliphatic carbocycles. The van der Waals surface area contributed by atoms with Crippen LogP contribution in [0.15, 0.2) is 66.1 Å². The number of carbonyl (C=O) groups is 1. The van der Waals surface area contributed by atoms with Crippen molar-refractivity contribution in [3.05, 3.63) is 72.3 Å². The first-order valence-corrected chi connectivity index (χ1v) is 9.42. The van der Waals surface area contributed by atoms with E-state index in [2.05, 4.69) is 11.9 Å². The van der Waals surface area contributed by atoms with E-state index in [1.165, 1.54) is 16.4 Å². The molecule has 0 heterocycles. The van der Waals surface area contributed by atoms with Crippen LogP contribution < -0.4 is 9.62 Å². The smallest absolute Gasteiger partial charge is 0.264 e. The topological polar surface area (TPSA) is 66.5 Å². The van der Waals surface area contributed by atoms with Gasteiger partial charge in [-0.25, -0.2) is 8.42 Å². The van der Waals surface area contributed by atoms with E-state index >= 15 is 0 Å². The van der Waals surface area contributed by atoms with Gasteiger partial charge in [-0.2, -0.15) is 0 Å². The summed E-state index contributed by atoms with van der Waals surface area (Å²) < 4.78 is 27.4. The molecule has 0 saturated carbocycles. The molecule has 0 bridgehead atoms. The van der Waals surface area contributed by atoms with Crippen molar-refractivity contribution in [3.8, 4) is 0 Å². The Balaban J connectivity index is 2.41. The van der Waals surface area contributed by atoms with E-state index in [4.69, 9.17) is 0 Å². The van der Waals surface area contributed by atoms with Gasteiger partial charge in [0.05, 0.1) is 10.6 Å². The molecule has 6 heteroatoms. The lowest BCUT2D eigenvalue weighted by molar-refractivity contribution is 0.0958. The zero-order chi connectivity index (χ0) is 18.4. The predicted octanol–water partition coefficient (Wildman–Crippen LogP) is 3.13. The van der Waals surface area contributed by atoms with Gasteiger partial charge >= 0.3 is 0 Å². The van der Waals surface area contributed by atoms with E-state index in [0.717, 1.165) is 5.56 Å². The summed E-state index contributed by atoms with van der Waals surface area (Å²) in [5, 5.41) is 2.64. The van der Waals surface area contributed by atoms with Crippen LogP contribution >= 0.6 is 0 Å². The molecule has 2 aromatic carbocycles. The maximum atomic E-state index is 13.0. The molecule has 25 heavy (non-hydrogen) atoms. The number of nitrogens with one attached hydrogen (secondary N) is 1. The molecule has 5 nitrogen and oxygen atoms in total. The third-order valence-corrected chi connectivity index (χ3v) is 5.57. The Morgan fingerprint density at radius 2 is 1.92 bits per heavy atom. The van der Waals surface area contributed by atoms with Crippen molar-refractivity contribution in [3.63, 3.8) is 0 Å². The molecule has 0 aliphatic heterocycles. The standard InChI is InChI=1S/C19H22N2O3S/c1-4-12-20-19(22)16-9-7-11-18(14-16)25(23,24)21(5-2)17-10-6-8-15(3)13-17/h4,6-11,13-14H,1,5,12H2,2-3H3,(H,20,22). The minimum atomic E-state index is -3.76. The number of anilines is 1. The molecule has 1 N–H and O–H groups in total. The molecule has 2 aromatic rings. The van der Waals surface area contributed by atoms with Crippen LogP contribution in [-0.2, 0) is 10.0 Å². The quantitative estimate of drug-likeness (QED) is 0.773. The van der Waals surface area contributed by atoms with Crippen LogP contribution in [0.3, 0.4) is 0 Å². The number of rotatable bonds is 7. The van der Waals surface area contributed by atoms with Crippen LogP contribution in [-0.4, -0.2) is 27.4 Å². The number of benzene rings is 2. The second-order valence-electron chi connectivity index (χ2n) is 5.54. The van der Waals surface area contributed by atoms with Gasteiger partial charge in [0, 0.05) is 18.7 Å². The fourth-order valence-corrected chi connectivity index (χ4v) is 3.98. The monoisotopic (exact) mass is 358 g/mol. The van der Waals surface area contributed by atoms with Gasteiger partial charge in [0.25, 0.3) is 15.9 Å². The van der Waals surface area contributed by atoms with Crippen LogP contribution in [0, 0.1) is 6.92 Å². The number of hydrogen-bond donors (Lipinski definition) is 1. The van der Waals surface area contributed by atoms with Crippen molar-refractivity contribution in [2.24, 2.45) is 0 Å². The highest BCUT2D eigenvalue weighted by Crippen LogP contribution is 2.24. The molecule has 2 rings (SSSR count). The largest absolute Gasteiger partial charge is 0.349 e. The SMILES string of the molecule is C=CCNC(=O)c1cccc(S(=O)(=O)N(CC)c2cccc(C)c2)c1. The summed E-state index contributed by atoms with van der Waals surface area (Å²) in [4.78, 5) is 12.2. The van der Waals surface area contributed by atoms with E-state index < -0.39 is 10.0 Å². The number of amides is 1. The summed E-state index contributed by atoms with van der Waals surface area (Å²) >= 11 is 0. The Kier molecular flexibility index (Phi) is 5.98. The van der Waals surface area contributed by atoms with Crippen LogP contribution in [0.4, 0.5) is 5.69 Å². The van der Waals surface area contributed by atoms with Crippen LogP contribution in [0.2, 0.25) is 0 Å². The maximum Gasteiger partial charge on any atom is 0.264 e. The highest BCUT2D eigenvalue weighted by molar-refractivity contribution is 7.92. The van der Waals surface area contributed by atoms with Crippen LogP contribution in [0.5, 0.6) is 0 Å². The fourth-order valence-electron chi connectivity index (χ4n) is 2.47. The molecular weight excluding hydrogens is 336 g/mol. The molecule has 0 fully saturated rings. The molecule has 1 amide bonds. The van der Waals surface area contributed by atoms with Crippen molar-refractivity contribution < 1.29 is 13.2 Å². The number of carbonyl (C=O) groups excluding carboxylic acids is 1. The molecule has 0 unspecified atom stereocenters. The van der Waals surface area contributed by atoms with Crippen molar-refractivity contribution in [1.82, 2.24) is 5.32 Å². The van der Waals surface area contributed by atoms with Gasteiger partial charge in [0.15, 0.2) is 0 Å². The Morgan fingerprint density at radius 1 is 1.20 bits per heavy atom. The average molecular weight is 358 g/mol. The van der Waals surface area contributed by atoms with Crippen molar-refractivity contribution in [2.45, 2.75) is 18.7 Å². The zero-order valence-corrected chi connectivity index (χ0v) is 15.2. The Morgan fingerprint density at radius 3 is 2.56 bits per heavy atom. The fraction of sp³-hybridized carbons (Fsp3) is 0.211. The highest BCUT2D eigenvalue weighted by Gasteiger charge is 2.24. The lowest BCUT2D eigenvalue weighted by Crippen LogP contribution is -2.31. The molecule has 0 aromatic heterocycles. The third-order valence-electron chi connectivity index (χ3n) is 3.67. The number of nitrogens with zero attached hydrogens (tertiary/aromatic N) is 1. The summed E-state index contributed by atoms with van der Waals surface area (Å²) in [5.74, 6) is -0.337. The lowest BCUT2D eigenvalue weighted by atomic mass is 10.2. The Labute approximate surface area is 149 Å². The predicted molar refractivity (Wildman–Crippen MR) is 100 cm³/mol.